The van der Waals surface area contributed by atoms with Crippen molar-refractivity contribution in [3.05, 3.63) is 53.5 Å². The van der Waals surface area contributed by atoms with Gasteiger partial charge in [-0.25, -0.2) is 13.8 Å². The summed E-state index contributed by atoms with van der Waals surface area (Å²) < 4.78 is 43.4. The number of fused-ring (bicyclic) bond motifs is 5. The molecule has 242 valence electrons. The maximum atomic E-state index is 14.6. The maximum Gasteiger partial charge on any atom is 0.281 e. The van der Waals surface area contributed by atoms with E-state index in [2.05, 4.69) is 44.8 Å². The van der Waals surface area contributed by atoms with Crippen molar-refractivity contribution in [1.82, 2.24) is 24.6 Å². The number of hydrogen-bond donors (Lipinski definition) is 0. The van der Waals surface area contributed by atoms with Gasteiger partial charge in [0.2, 0.25) is 5.91 Å². The van der Waals surface area contributed by atoms with Crippen LogP contribution in [-0.4, -0.2) is 109 Å². The Kier molecular flexibility index (Phi) is 7.94. The Bertz CT molecular complexity index is 1490. The Labute approximate surface area is 263 Å². The molecule has 3 fully saturated rings. The van der Waals surface area contributed by atoms with Crippen LogP contribution in [0.2, 0.25) is 0 Å². The van der Waals surface area contributed by atoms with Crippen LogP contribution in [0.1, 0.15) is 54.7 Å². The average molecular weight is 624 g/mol. The lowest BCUT2D eigenvalue weighted by Crippen LogP contribution is -2.69. The van der Waals surface area contributed by atoms with E-state index in [1.807, 2.05) is 29.3 Å². The molecule has 2 aromatic rings. The summed E-state index contributed by atoms with van der Waals surface area (Å²) in [5, 5.41) is 4.69. The Morgan fingerprint density at radius 3 is 2.73 bits per heavy atom. The van der Waals surface area contributed by atoms with E-state index in [0.717, 1.165) is 43.0 Å². The number of ether oxygens (including phenoxy) is 2. The van der Waals surface area contributed by atoms with Crippen molar-refractivity contribution in [1.29, 1.82) is 0 Å². The summed E-state index contributed by atoms with van der Waals surface area (Å²) in [6.07, 6.45) is 5.95. The summed E-state index contributed by atoms with van der Waals surface area (Å²) in [4.78, 5) is 25.4. The molecule has 5 atom stereocenters. The number of rotatable bonds is 6. The molecule has 0 N–H and O–H groups in total. The molecule has 5 aliphatic rings. The number of piperazine rings is 1. The van der Waals surface area contributed by atoms with Crippen LogP contribution in [-0.2, 0) is 19.9 Å². The monoisotopic (exact) mass is 623 g/mol. The molecule has 12 heteroatoms. The molecular formula is C33H43F2N7O3. The number of methoxy groups -OCH3 is 1. The van der Waals surface area contributed by atoms with Gasteiger partial charge in [-0.05, 0) is 31.4 Å². The Morgan fingerprint density at radius 1 is 1.22 bits per heavy atom. The number of carbonyl (C=O) groups excluding carboxylic acids is 1. The summed E-state index contributed by atoms with van der Waals surface area (Å²) in [6.45, 7) is 13.9. The summed E-state index contributed by atoms with van der Waals surface area (Å²) in [7, 11) is 1.69. The fraction of sp³-hybridized carbons (Fsp3) is 0.606. The maximum absolute atomic E-state index is 14.6. The first-order valence-corrected chi connectivity index (χ1v) is 16.1. The van der Waals surface area contributed by atoms with Gasteiger partial charge >= 0.3 is 0 Å². The number of anilines is 2. The zero-order valence-electron chi connectivity index (χ0n) is 26.4. The Balaban J connectivity index is 1.13. The quantitative estimate of drug-likeness (QED) is 0.450. The molecule has 0 radical (unpaired) electrons. The topological polar surface area (TPSA) is 79.2 Å². The fourth-order valence-corrected chi connectivity index (χ4v) is 8.30. The highest BCUT2D eigenvalue weighted by atomic mass is 19.3. The van der Waals surface area contributed by atoms with E-state index < -0.39 is 12.0 Å². The fourth-order valence-electron chi connectivity index (χ4n) is 8.30. The molecule has 1 amide bonds. The molecule has 7 rings (SSSR count). The minimum Gasteiger partial charge on any atom is -0.382 e. The molecule has 45 heavy (non-hydrogen) atoms. The lowest BCUT2D eigenvalue weighted by molar-refractivity contribution is -0.143. The number of piperidine rings is 1. The minimum atomic E-state index is -2.68. The molecule has 4 unspecified atom stereocenters. The smallest absolute Gasteiger partial charge is 0.281 e. The highest BCUT2D eigenvalue weighted by Crippen LogP contribution is 2.48. The van der Waals surface area contributed by atoms with E-state index in [1.54, 1.807) is 7.11 Å². The number of aryl methyl sites for hydroxylation is 1. The van der Waals surface area contributed by atoms with Crippen molar-refractivity contribution in [2.45, 2.75) is 56.8 Å². The van der Waals surface area contributed by atoms with Crippen molar-refractivity contribution < 1.29 is 23.0 Å². The Hall–Kier alpha value is -3.35. The number of alkyl halides is 2. The van der Waals surface area contributed by atoms with Gasteiger partial charge in [0, 0.05) is 82.6 Å². The molecule has 7 heterocycles. The zero-order chi connectivity index (χ0) is 31.5. The van der Waals surface area contributed by atoms with Gasteiger partial charge in [-0.2, -0.15) is 5.10 Å². The van der Waals surface area contributed by atoms with Gasteiger partial charge in [0.25, 0.3) is 6.43 Å². The molecule has 5 aliphatic heterocycles. The van der Waals surface area contributed by atoms with Crippen molar-refractivity contribution in [2.24, 2.45) is 5.92 Å². The minimum absolute atomic E-state index is 0.0225. The first-order valence-electron chi connectivity index (χ1n) is 16.1. The zero-order valence-corrected chi connectivity index (χ0v) is 26.4. The van der Waals surface area contributed by atoms with Crippen LogP contribution in [0.3, 0.4) is 0 Å². The number of halogens is 2. The predicted octanol–water partition coefficient (Wildman–Crippen LogP) is 3.79. The molecule has 3 saturated heterocycles. The number of aromatic nitrogens is 3. The predicted molar refractivity (Wildman–Crippen MR) is 168 cm³/mol. The third-order valence-corrected chi connectivity index (χ3v) is 10.7. The van der Waals surface area contributed by atoms with Crippen LogP contribution in [0.15, 0.2) is 31.0 Å². The van der Waals surface area contributed by atoms with E-state index in [9.17, 15) is 13.6 Å². The average Bonchev–Trinajstić information content (AvgIpc) is 3.37. The summed E-state index contributed by atoms with van der Waals surface area (Å²) in [6, 6.07) is 2.54. The third-order valence-electron chi connectivity index (χ3n) is 10.7. The van der Waals surface area contributed by atoms with Gasteiger partial charge in [0.1, 0.15) is 17.1 Å². The van der Waals surface area contributed by atoms with Gasteiger partial charge in [0.05, 0.1) is 36.8 Å². The van der Waals surface area contributed by atoms with Crippen LogP contribution >= 0.6 is 0 Å². The third kappa shape index (κ3) is 4.96. The number of pyridine rings is 1. The number of amides is 1. The second kappa shape index (κ2) is 11.8. The lowest BCUT2D eigenvalue weighted by Gasteiger charge is -2.55. The van der Waals surface area contributed by atoms with Gasteiger partial charge in [-0.15, -0.1) is 0 Å². The van der Waals surface area contributed by atoms with Gasteiger partial charge in [-0.1, -0.05) is 25.7 Å². The SMILES string of the molecule is C=CC(=O)N1CCN(C2CN3c4cc(N5CC[C@@]6(OCC(COC)n7ncc(C)c76)C(C)C5)nc(C(F)F)c4C=CCC23)CC1. The highest BCUT2D eigenvalue weighted by Gasteiger charge is 2.50. The lowest BCUT2D eigenvalue weighted by atomic mass is 9.77. The summed E-state index contributed by atoms with van der Waals surface area (Å²) in [5.74, 6) is 0.644. The second-order valence-electron chi connectivity index (χ2n) is 13.1. The normalized spacial score (nSPS) is 29.7. The van der Waals surface area contributed by atoms with E-state index in [0.29, 0.717) is 63.2 Å². The van der Waals surface area contributed by atoms with Crippen LogP contribution < -0.4 is 9.80 Å². The molecule has 0 aliphatic carbocycles. The molecule has 10 nitrogen and oxygen atoms in total. The molecule has 0 aromatic carbocycles. The van der Waals surface area contributed by atoms with Crippen LogP contribution in [0.25, 0.3) is 6.08 Å². The van der Waals surface area contributed by atoms with Crippen LogP contribution in [0.4, 0.5) is 20.3 Å². The van der Waals surface area contributed by atoms with Crippen molar-refractivity contribution >= 4 is 23.5 Å². The summed E-state index contributed by atoms with van der Waals surface area (Å²) in [5.41, 5.74) is 2.90. The highest BCUT2D eigenvalue weighted by molar-refractivity contribution is 5.87. The van der Waals surface area contributed by atoms with E-state index >= 15 is 0 Å². The van der Waals surface area contributed by atoms with E-state index in [-0.39, 0.29) is 29.6 Å². The molecule has 2 aromatic heterocycles. The van der Waals surface area contributed by atoms with E-state index in [4.69, 9.17) is 14.6 Å². The largest absolute Gasteiger partial charge is 0.382 e. The van der Waals surface area contributed by atoms with Gasteiger partial charge in [-0.3, -0.25) is 14.4 Å². The van der Waals surface area contributed by atoms with Crippen molar-refractivity contribution in [3.8, 4) is 0 Å². The van der Waals surface area contributed by atoms with Crippen LogP contribution in [0, 0.1) is 12.8 Å². The van der Waals surface area contributed by atoms with Crippen LogP contribution in [0.5, 0.6) is 0 Å². The van der Waals surface area contributed by atoms with Gasteiger partial charge < -0.3 is 24.2 Å². The van der Waals surface area contributed by atoms with Gasteiger partial charge in [0.15, 0.2) is 0 Å². The number of nitrogens with zero attached hydrogens (tertiary/aromatic N) is 7. The second-order valence-corrected chi connectivity index (χ2v) is 13.1. The summed E-state index contributed by atoms with van der Waals surface area (Å²) >= 11 is 0. The first-order chi connectivity index (χ1) is 21.8. The molecule has 1 spiro atoms. The molecular weight excluding hydrogens is 580 g/mol. The number of hydrogen-bond acceptors (Lipinski definition) is 8. The Morgan fingerprint density at radius 2 is 2.02 bits per heavy atom. The molecule has 0 bridgehead atoms. The number of carbonyl (C=O) groups is 1. The van der Waals surface area contributed by atoms with E-state index in [1.165, 1.54) is 6.08 Å². The van der Waals surface area contributed by atoms with Crippen molar-refractivity contribution in [3.63, 3.8) is 0 Å². The standard InChI is InChI=1S/C33H43F2N7O3/c1-5-29(43)39-13-11-38(12-14-39)27-18-41-25(27)8-6-7-24-26(41)15-28(37-30(24)32(34)35)40-10-9-33(22(3)17-40)31-21(2)16-36-42(31)23(19-44-4)20-45-33/h5-7,15-16,22-23,25,27,32H,1,8-14,17-20H2,2-4H3/t22?,23?,25?,27?,33-/m1/s1. The van der Waals surface area contributed by atoms with Crippen molar-refractivity contribution in [2.75, 3.05) is 75.9 Å². The molecule has 0 saturated carbocycles. The first kappa shape index (κ1) is 30.3.